The Bertz CT molecular complexity index is 277. The second-order valence-electron chi connectivity index (χ2n) is 8.30. The van der Waals surface area contributed by atoms with Crippen LogP contribution in [0.5, 0.6) is 0 Å². The maximum absolute atomic E-state index is 3.74. The first-order valence-corrected chi connectivity index (χ1v) is 8.03. The number of hydrogen-bond acceptors (Lipinski definition) is 2. The van der Waals surface area contributed by atoms with E-state index in [1.54, 1.807) is 0 Å². The standard InChI is InChI=1S/C17H36N2/c1-9-18-15-14(10-11-17(15,6)7)12-19(8)13(2)16(3,4)5/h13-15,18H,9-12H2,1-8H3. The molecule has 3 atom stereocenters. The van der Waals surface area contributed by atoms with Gasteiger partial charge in [0.05, 0.1) is 0 Å². The molecule has 2 heteroatoms. The van der Waals surface area contributed by atoms with Crippen molar-refractivity contribution in [2.24, 2.45) is 16.7 Å². The number of hydrogen-bond donors (Lipinski definition) is 1. The van der Waals surface area contributed by atoms with Gasteiger partial charge in [0.15, 0.2) is 0 Å². The zero-order chi connectivity index (χ0) is 14.8. The predicted molar refractivity (Wildman–Crippen MR) is 85.5 cm³/mol. The average molecular weight is 268 g/mol. The summed E-state index contributed by atoms with van der Waals surface area (Å²) >= 11 is 0. The van der Waals surface area contributed by atoms with Gasteiger partial charge in [0.1, 0.15) is 0 Å². The lowest BCUT2D eigenvalue weighted by Gasteiger charge is -2.39. The van der Waals surface area contributed by atoms with E-state index in [4.69, 9.17) is 0 Å². The molecule has 0 heterocycles. The van der Waals surface area contributed by atoms with Crippen LogP contribution in [0.2, 0.25) is 0 Å². The van der Waals surface area contributed by atoms with Crippen LogP contribution >= 0.6 is 0 Å². The van der Waals surface area contributed by atoms with Crippen LogP contribution < -0.4 is 5.32 Å². The molecule has 1 N–H and O–H groups in total. The van der Waals surface area contributed by atoms with E-state index in [0.29, 0.717) is 22.9 Å². The van der Waals surface area contributed by atoms with E-state index in [2.05, 4.69) is 65.7 Å². The van der Waals surface area contributed by atoms with E-state index < -0.39 is 0 Å². The molecule has 1 aliphatic rings. The van der Waals surface area contributed by atoms with E-state index in [9.17, 15) is 0 Å². The van der Waals surface area contributed by atoms with E-state index in [0.717, 1.165) is 12.5 Å². The highest BCUT2D eigenvalue weighted by molar-refractivity contribution is 4.97. The third-order valence-corrected chi connectivity index (χ3v) is 5.33. The molecule has 1 aliphatic carbocycles. The molecule has 0 amide bonds. The summed E-state index contributed by atoms with van der Waals surface area (Å²) in [6.45, 7) is 18.8. The molecule has 1 rings (SSSR count). The lowest BCUT2D eigenvalue weighted by atomic mass is 9.83. The van der Waals surface area contributed by atoms with Gasteiger partial charge in [-0.25, -0.2) is 0 Å². The van der Waals surface area contributed by atoms with Gasteiger partial charge in [-0.05, 0) is 50.1 Å². The lowest BCUT2D eigenvalue weighted by Crippen LogP contribution is -2.48. The minimum absolute atomic E-state index is 0.358. The summed E-state index contributed by atoms with van der Waals surface area (Å²) in [5.41, 5.74) is 0.809. The van der Waals surface area contributed by atoms with Crippen molar-refractivity contribution in [2.45, 2.75) is 73.4 Å². The van der Waals surface area contributed by atoms with Crippen LogP contribution in [0.1, 0.15) is 61.3 Å². The molecule has 3 unspecified atom stereocenters. The molecule has 114 valence electrons. The molecule has 0 aromatic rings. The molecule has 0 aromatic carbocycles. The van der Waals surface area contributed by atoms with Crippen LogP contribution in [-0.2, 0) is 0 Å². The van der Waals surface area contributed by atoms with Gasteiger partial charge in [-0.1, -0.05) is 41.5 Å². The average Bonchev–Trinajstić information content (AvgIpc) is 2.54. The first-order chi connectivity index (χ1) is 8.59. The van der Waals surface area contributed by atoms with Crippen molar-refractivity contribution in [1.29, 1.82) is 0 Å². The van der Waals surface area contributed by atoms with Crippen molar-refractivity contribution in [3.8, 4) is 0 Å². The Morgan fingerprint density at radius 3 is 2.37 bits per heavy atom. The monoisotopic (exact) mass is 268 g/mol. The third kappa shape index (κ3) is 4.19. The van der Waals surface area contributed by atoms with Crippen LogP contribution in [0.15, 0.2) is 0 Å². The second kappa shape index (κ2) is 6.13. The van der Waals surface area contributed by atoms with Crippen molar-refractivity contribution in [1.82, 2.24) is 10.2 Å². The topological polar surface area (TPSA) is 15.3 Å². The van der Waals surface area contributed by atoms with E-state index in [-0.39, 0.29) is 0 Å². The normalized spacial score (nSPS) is 28.9. The molecular formula is C17H36N2. The summed E-state index contributed by atoms with van der Waals surface area (Å²) < 4.78 is 0. The Labute approximate surface area is 121 Å². The van der Waals surface area contributed by atoms with Gasteiger partial charge in [0.25, 0.3) is 0 Å². The van der Waals surface area contributed by atoms with E-state index >= 15 is 0 Å². The fourth-order valence-electron chi connectivity index (χ4n) is 3.57. The second-order valence-corrected chi connectivity index (χ2v) is 8.30. The van der Waals surface area contributed by atoms with Crippen LogP contribution in [0.3, 0.4) is 0 Å². The summed E-state index contributed by atoms with van der Waals surface area (Å²) in [5.74, 6) is 0.796. The fourth-order valence-corrected chi connectivity index (χ4v) is 3.57. The van der Waals surface area contributed by atoms with Crippen LogP contribution in [0.4, 0.5) is 0 Å². The Hall–Kier alpha value is -0.0800. The first-order valence-electron chi connectivity index (χ1n) is 8.03. The van der Waals surface area contributed by atoms with Crippen molar-refractivity contribution in [3.05, 3.63) is 0 Å². The van der Waals surface area contributed by atoms with E-state index in [1.165, 1.54) is 19.4 Å². The van der Waals surface area contributed by atoms with Crippen molar-refractivity contribution < 1.29 is 0 Å². The highest BCUT2D eigenvalue weighted by atomic mass is 15.1. The van der Waals surface area contributed by atoms with Crippen LogP contribution in [-0.4, -0.2) is 37.1 Å². The largest absolute Gasteiger partial charge is 0.313 e. The van der Waals surface area contributed by atoms with Gasteiger partial charge < -0.3 is 10.2 Å². The molecule has 0 aromatic heterocycles. The molecule has 0 spiro atoms. The summed E-state index contributed by atoms with van der Waals surface area (Å²) in [5, 5.41) is 3.74. The van der Waals surface area contributed by atoms with E-state index in [1.807, 2.05) is 0 Å². The molecule has 1 saturated carbocycles. The summed E-state index contributed by atoms with van der Waals surface area (Å²) in [6, 6.07) is 1.30. The van der Waals surface area contributed by atoms with Crippen LogP contribution in [0, 0.1) is 16.7 Å². The summed E-state index contributed by atoms with van der Waals surface area (Å²) in [4.78, 5) is 2.57. The summed E-state index contributed by atoms with van der Waals surface area (Å²) in [6.07, 6.45) is 2.72. The molecule has 19 heavy (non-hydrogen) atoms. The number of nitrogens with one attached hydrogen (secondary N) is 1. The zero-order valence-electron chi connectivity index (χ0n) is 14.5. The maximum atomic E-state index is 3.74. The Morgan fingerprint density at radius 2 is 1.89 bits per heavy atom. The maximum Gasteiger partial charge on any atom is 0.0159 e. The van der Waals surface area contributed by atoms with Gasteiger partial charge in [0.2, 0.25) is 0 Å². The first kappa shape index (κ1) is 17.0. The molecule has 1 fully saturated rings. The molecule has 2 nitrogen and oxygen atoms in total. The Kier molecular flexibility index (Phi) is 5.48. The fraction of sp³-hybridized carbons (Fsp3) is 1.00. The highest BCUT2D eigenvalue weighted by Crippen LogP contribution is 2.42. The molecule has 0 bridgehead atoms. The summed E-state index contributed by atoms with van der Waals surface area (Å²) in [7, 11) is 2.30. The molecule has 0 radical (unpaired) electrons. The smallest absolute Gasteiger partial charge is 0.0159 e. The quantitative estimate of drug-likeness (QED) is 0.816. The van der Waals surface area contributed by atoms with Gasteiger partial charge >= 0.3 is 0 Å². The number of rotatable bonds is 5. The minimum Gasteiger partial charge on any atom is -0.313 e. The van der Waals surface area contributed by atoms with Gasteiger partial charge in [-0.3, -0.25) is 0 Å². The van der Waals surface area contributed by atoms with Crippen molar-refractivity contribution >= 4 is 0 Å². The third-order valence-electron chi connectivity index (χ3n) is 5.33. The van der Waals surface area contributed by atoms with Gasteiger partial charge in [0, 0.05) is 18.6 Å². The highest BCUT2D eigenvalue weighted by Gasteiger charge is 2.42. The zero-order valence-corrected chi connectivity index (χ0v) is 14.5. The molecule has 0 aliphatic heterocycles. The van der Waals surface area contributed by atoms with Crippen molar-refractivity contribution in [3.63, 3.8) is 0 Å². The lowest BCUT2D eigenvalue weighted by molar-refractivity contribution is 0.110. The van der Waals surface area contributed by atoms with Crippen LogP contribution in [0.25, 0.3) is 0 Å². The SMILES string of the molecule is CCNC1C(CN(C)C(C)C(C)(C)C)CCC1(C)C. The van der Waals surface area contributed by atoms with Gasteiger partial charge in [-0.15, -0.1) is 0 Å². The Morgan fingerprint density at radius 1 is 1.32 bits per heavy atom. The Balaban J connectivity index is 2.66. The van der Waals surface area contributed by atoms with Crippen molar-refractivity contribution in [2.75, 3.05) is 20.1 Å². The molecular weight excluding hydrogens is 232 g/mol. The number of nitrogens with zero attached hydrogens (tertiary/aromatic N) is 1. The molecule has 0 saturated heterocycles. The predicted octanol–water partition coefficient (Wildman–Crippen LogP) is 3.77. The minimum atomic E-state index is 0.358. The van der Waals surface area contributed by atoms with Gasteiger partial charge in [-0.2, -0.15) is 0 Å².